The molecule has 1 heterocycles. The zero-order valence-corrected chi connectivity index (χ0v) is 23.2. The van der Waals surface area contributed by atoms with Gasteiger partial charge in [0.1, 0.15) is 11.3 Å². The molecule has 0 bridgehead atoms. The Labute approximate surface area is 234 Å². The first-order valence-electron chi connectivity index (χ1n) is 13.5. The number of aromatic amines is 1. The van der Waals surface area contributed by atoms with Gasteiger partial charge in [-0.1, -0.05) is 44.5 Å². The van der Waals surface area contributed by atoms with E-state index in [9.17, 15) is 14.4 Å². The van der Waals surface area contributed by atoms with Gasteiger partial charge in [-0.15, -0.1) is 0 Å². The third-order valence-corrected chi connectivity index (χ3v) is 6.96. The highest BCUT2D eigenvalue weighted by Crippen LogP contribution is 2.23. The molecule has 8 nitrogen and oxygen atoms in total. The number of fused-ring (bicyclic) bond motifs is 1. The molecule has 0 spiro atoms. The van der Waals surface area contributed by atoms with Crippen molar-refractivity contribution in [3.8, 4) is 5.75 Å². The fourth-order valence-corrected chi connectivity index (χ4v) is 4.57. The van der Waals surface area contributed by atoms with Crippen molar-refractivity contribution >= 4 is 39.8 Å². The van der Waals surface area contributed by atoms with E-state index in [0.29, 0.717) is 59.8 Å². The van der Waals surface area contributed by atoms with Crippen molar-refractivity contribution in [3.05, 3.63) is 94.3 Å². The molecular weight excluding hydrogens is 504 g/mol. The maximum Gasteiger partial charge on any atom is 0.263 e. The highest BCUT2D eigenvalue weighted by atomic mass is 16.5. The molecule has 0 aliphatic rings. The SMILES string of the molecule is COc1ccc2[nH]cc(C(=O)N(CCCCCC(=O)Nc3ccccc3N)c3ccc(C(C)C)cc3)c(=O)c2c1. The molecule has 40 heavy (non-hydrogen) atoms. The quantitative estimate of drug-likeness (QED) is 0.157. The van der Waals surface area contributed by atoms with Crippen LogP contribution in [0, 0.1) is 0 Å². The lowest BCUT2D eigenvalue weighted by atomic mass is 10.0. The first-order valence-corrected chi connectivity index (χ1v) is 13.5. The number of ether oxygens (including phenoxy) is 1. The summed E-state index contributed by atoms with van der Waals surface area (Å²) in [6.45, 7) is 4.63. The number of carbonyl (C=O) groups is 2. The van der Waals surface area contributed by atoms with Gasteiger partial charge in [-0.25, -0.2) is 0 Å². The highest BCUT2D eigenvalue weighted by Gasteiger charge is 2.22. The number of carbonyl (C=O) groups excluding carboxylic acids is 2. The van der Waals surface area contributed by atoms with Crippen LogP contribution in [0.5, 0.6) is 5.75 Å². The van der Waals surface area contributed by atoms with Crippen LogP contribution in [-0.2, 0) is 4.79 Å². The van der Waals surface area contributed by atoms with Gasteiger partial charge in [0.05, 0.1) is 18.5 Å². The van der Waals surface area contributed by atoms with Crippen LogP contribution in [0.15, 0.2) is 77.7 Å². The Morgan fingerprint density at radius 2 is 1.75 bits per heavy atom. The summed E-state index contributed by atoms with van der Waals surface area (Å²) >= 11 is 0. The summed E-state index contributed by atoms with van der Waals surface area (Å²) < 4.78 is 5.27. The van der Waals surface area contributed by atoms with Crippen LogP contribution in [0.2, 0.25) is 0 Å². The Bertz CT molecular complexity index is 1540. The van der Waals surface area contributed by atoms with Crippen LogP contribution in [0.3, 0.4) is 0 Å². The van der Waals surface area contributed by atoms with Gasteiger partial charge >= 0.3 is 0 Å². The average Bonchev–Trinajstić information content (AvgIpc) is 2.96. The van der Waals surface area contributed by atoms with E-state index in [-0.39, 0.29) is 22.8 Å². The molecule has 4 N–H and O–H groups in total. The summed E-state index contributed by atoms with van der Waals surface area (Å²) in [7, 11) is 1.54. The van der Waals surface area contributed by atoms with Crippen LogP contribution >= 0.6 is 0 Å². The van der Waals surface area contributed by atoms with E-state index in [0.717, 1.165) is 17.7 Å². The fraction of sp³-hybridized carbons (Fsp3) is 0.281. The molecule has 2 amide bonds. The maximum atomic E-state index is 13.8. The Kier molecular flexibility index (Phi) is 9.22. The highest BCUT2D eigenvalue weighted by molar-refractivity contribution is 6.07. The van der Waals surface area contributed by atoms with Gasteiger partial charge in [0.2, 0.25) is 11.3 Å². The molecule has 0 aliphatic carbocycles. The number of nitrogen functional groups attached to an aromatic ring is 1. The first kappa shape index (κ1) is 28.4. The molecule has 0 fully saturated rings. The number of pyridine rings is 1. The Morgan fingerprint density at radius 1 is 1.00 bits per heavy atom. The Morgan fingerprint density at radius 3 is 2.45 bits per heavy atom. The van der Waals surface area contributed by atoms with Gasteiger partial charge < -0.3 is 25.7 Å². The number of rotatable bonds is 11. The summed E-state index contributed by atoms with van der Waals surface area (Å²) in [6.07, 6.45) is 3.88. The number of unbranched alkanes of at least 4 members (excludes halogenated alkanes) is 2. The minimum absolute atomic E-state index is 0.0634. The second kappa shape index (κ2) is 13.0. The molecule has 3 aromatic carbocycles. The lowest BCUT2D eigenvalue weighted by Crippen LogP contribution is -2.35. The molecule has 0 aliphatic heterocycles. The van der Waals surface area contributed by atoms with Gasteiger partial charge in [-0.05, 0) is 66.8 Å². The number of aromatic nitrogens is 1. The fourth-order valence-electron chi connectivity index (χ4n) is 4.57. The third-order valence-electron chi connectivity index (χ3n) is 6.96. The van der Waals surface area contributed by atoms with Gasteiger partial charge in [-0.2, -0.15) is 0 Å². The number of benzene rings is 3. The van der Waals surface area contributed by atoms with Crippen molar-refractivity contribution in [2.24, 2.45) is 0 Å². The van der Waals surface area contributed by atoms with Crippen molar-refractivity contribution in [1.29, 1.82) is 0 Å². The van der Waals surface area contributed by atoms with Gasteiger partial charge in [0.25, 0.3) is 5.91 Å². The molecule has 0 radical (unpaired) electrons. The Balaban J connectivity index is 1.48. The van der Waals surface area contributed by atoms with E-state index in [4.69, 9.17) is 10.5 Å². The lowest BCUT2D eigenvalue weighted by Gasteiger charge is -2.23. The van der Waals surface area contributed by atoms with E-state index in [1.54, 1.807) is 35.2 Å². The molecule has 0 saturated heterocycles. The van der Waals surface area contributed by atoms with Crippen LogP contribution in [-0.4, -0.2) is 30.5 Å². The number of hydrogen-bond donors (Lipinski definition) is 3. The molecular formula is C32H36N4O4. The molecule has 0 saturated carbocycles. The van der Waals surface area contributed by atoms with Crippen LogP contribution in [0.25, 0.3) is 10.9 Å². The number of nitrogens with one attached hydrogen (secondary N) is 2. The van der Waals surface area contributed by atoms with Crippen molar-refractivity contribution < 1.29 is 14.3 Å². The average molecular weight is 541 g/mol. The maximum absolute atomic E-state index is 13.8. The lowest BCUT2D eigenvalue weighted by molar-refractivity contribution is -0.116. The first-order chi connectivity index (χ1) is 19.3. The van der Waals surface area contributed by atoms with Gasteiger partial charge in [0, 0.05) is 35.8 Å². The molecule has 8 heteroatoms. The minimum atomic E-state index is -0.374. The normalized spacial score (nSPS) is 11.0. The minimum Gasteiger partial charge on any atom is -0.497 e. The van der Waals surface area contributed by atoms with Crippen molar-refractivity contribution in [3.63, 3.8) is 0 Å². The summed E-state index contributed by atoms with van der Waals surface area (Å²) in [5.41, 5.74) is 9.26. The molecule has 1 aromatic heterocycles. The molecule has 208 valence electrons. The number of H-pyrrole nitrogens is 1. The molecule has 0 unspecified atom stereocenters. The zero-order chi connectivity index (χ0) is 28.6. The predicted octanol–water partition coefficient (Wildman–Crippen LogP) is 6.09. The number of nitrogens with zero attached hydrogens (tertiary/aromatic N) is 1. The number of para-hydroxylation sites is 2. The largest absolute Gasteiger partial charge is 0.497 e. The predicted molar refractivity (Wildman–Crippen MR) is 161 cm³/mol. The molecule has 4 rings (SSSR count). The van der Waals surface area contributed by atoms with Crippen LogP contribution in [0.4, 0.5) is 17.1 Å². The topological polar surface area (TPSA) is 118 Å². The summed E-state index contributed by atoms with van der Waals surface area (Å²) in [6, 6.07) is 20.2. The number of amides is 2. The van der Waals surface area contributed by atoms with E-state index < -0.39 is 0 Å². The van der Waals surface area contributed by atoms with Gasteiger partial charge in [0.15, 0.2) is 0 Å². The standard InChI is InChI=1S/C32H36N4O4/c1-21(2)22-12-14-23(15-13-22)36(18-8-4-5-11-30(37)35-29-10-7-6-9-27(29)33)32(39)26-20-34-28-17-16-24(40-3)19-25(28)31(26)38/h6-7,9-10,12-17,19-21H,4-5,8,11,18,33H2,1-3H3,(H,34,38)(H,35,37). The number of nitrogens with two attached hydrogens (primary N) is 1. The smallest absolute Gasteiger partial charge is 0.263 e. The number of anilines is 3. The zero-order valence-electron chi connectivity index (χ0n) is 23.2. The number of methoxy groups -OCH3 is 1. The van der Waals surface area contributed by atoms with E-state index >= 15 is 0 Å². The summed E-state index contributed by atoms with van der Waals surface area (Å²) in [4.78, 5) is 44.3. The second-order valence-corrected chi connectivity index (χ2v) is 10.1. The van der Waals surface area contributed by atoms with Crippen molar-refractivity contribution in [2.45, 2.75) is 45.4 Å². The second-order valence-electron chi connectivity index (χ2n) is 10.1. The third kappa shape index (κ3) is 6.69. The molecule has 0 atom stereocenters. The van der Waals surface area contributed by atoms with Crippen molar-refractivity contribution in [1.82, 2.24) is 4.98 Å². The summed E-state index contributed by atoms with van der Waals surface area (Å²) in [5.74, 6) is 0.422. The van der Waals surface area contributed by atoms with Gasteiger partial charge in [-0.3, -0.25) is 14.4 Å². The summed E-state index contributed by atoms with van der Waals surface area (Å²) in [5, 5.41) is 3.24. The Hall–Kier alpha value is -4.59. The van der Waals surface area contributed by atoms with E-state index in [2.05, 4.69) is 24.1 Å². The van der Waals surface area contributed by atoms with Crippen LogP contribution < -0.4 is 26.1 Å². The number of hydrogen-bond acceptors (Lipinski definition) is 5. The molecule has 4 aromatic rings. The van der Waals surface area contributed by atoms with Crippen LogP contribution in [0.1, 0.15) is 61.4 Å². The van der Waals surface area contributed by atoms with E-state index in [1.165, 1.54) is 13.3 Å². The monoisotopic (exact) mass is 540 g/mol. The van der Waals surface area contributed by atoms with E-state index in [1.807, 2.05) is 36.4 Å². The van der Waals surface area contributed by atoms with Crippen molar-refractivity contribution in [2.75, 3.05) is 29.6 Å².